The first-order chi connectivity index (χ1) is 10.2. The highest BCUT2D eigenvalue weighted by Crippen LogP contribution is 2.25. The minimum atomic E-state index is 0.590. The molecule has 114 valence electrons. The van der Waals surface area contributed by atoms with Gasteiger partial charge in [0, 0.05) is 4.90 Å². The average molecular weight is 303 g/mol. The van der Waals surface area contributed by atoms with Crippen LogP contribution in [0.3, 0.4) is 0 Å². The lowest BCUT2D eigenvalue weighted by molar-refractivity contribution is 0.459. The van der Waals surface area contributed by atoms with E-state index in [9.17, 15) is 0 Å². The second-order valence-corrected chi connectivity index (χ2v) is 6.61. The van der Waals surface area contributed by atoms with Gasteiger partial charge in [0.25, 0.3) is 0 Å². The molecule has 0 bridgehead atoms. The first-order valence-corrected chi connectivity index (χ1v) is 8.68. The van der Waals surface area contributed by atoms with Crippen molar-refractivity contribution in [3.05, 3.63) is 53.5 Å². The van der Waals surface area contributed by atoms with E-state index in [-0.39, 0.29) is 0 Å². The zero-order valence-corrected chi connectivity index (χ0v) is 14.0. The van der Waals surface area contributed by atoms with Crippen molar-refractivity contribution in [2.75, 3.05) is 6.54 Å². The average Bonchev–Trinajstić information content (AvgIpc) is 2.94. The summed E-state index contributed by atoms with van der Waals surface area (Å²) in [6, 6.07) is 13.0. The van der Waals surface area contributed by atoms with E-state index in [1.54, 1.807) is 0 Å². The Morgan fingerprint density at radius 1 is 1.05 bits per heavy atom. The molecule has 0 unspecified atom stereocenters. The third kappa shape index (κ3) is 5.25. The molecule has 0 saturated heterocycles. The van der Waals surface area contributed by atoms with Crippen LogP contribution in [0.15, 0.2) is 45.7 Å². The summed E-state index contributed by atoms with van der Waals surface area (Å²) in [6.07, 6.45) is 1.15. The fraction of sp³-hybridized carbons (Fsp3) is 0.444. The van der Waals surface area contributed by atoms with Crippen LogP contribution < -0.4 is 5.32 Å². The highest BCUT2D eigenvalue weighted by Gasteiger charge is 2.04. The van der Waals surface area contributed by atoms with E-state index in [4.69, 9.17) is 4.42 Å². The van der Waals surface area contributed by atoms with E-state index >= 15 is 0 Å². The SMILES string of the molecule is CCCNCc1ccc(CSc2ccc(C(C)C)cc2)o1. The van der Waals surface area contributed by atoms with Crippen molar-refractivity contribution in [2.45, 2.75) is 50.3 Å². The Morgan fingerprint density at radius 2 is 1.76 bits per heavy atom. The van der Waals surface area contributed by atoms with Gasteiger partial charge in [0.15, 0.2) is 0 Å². The molecular weight excluding hydrogens is 278 g/mol. The lowest BCUT2D eigenvalue weighted by Crippen LogP contribution is -2.12. The van der Waals surface area contributed by atoms with Crippen molar-refractivity contribution in [3.63, 3.8) is 0 Å². The van der Waals surface area contributed by atoms with Crippen molar-refractivity contribution < 1.29 is 4.42 Å². The summed E-state index contributed by atoms with van der Waals surface area (Å²) in [7, 11) is 0. The Morgan fingerprint density at radius 3 is 2.43 bits per heavy atom. The first-order valence-electron chi connectivity index (χ1n) is 7.70. The maximum atomic E-state index is 5.83. The topological polar surface area (TPSA) is 25.2 Å². The van der Waals surface area contributed by atoms with Crippen LogP contribution in [0.4, 0.5) is 0 Å². The summed E-state index contributed by atoms with van der Waals surface area (Å²) >= 11 is 1.82. The maximum Gasteiger partial charge on any atom is 0.118 e. The van der Waals surface area contributed by atoms with Crippen molar-refractivity contribution in [1.29, 1.82) is 0 Å². The highest BCUT2D eigenvalue weighted by atomic mass is 32.2. The van der Waals surface area contributed by atoms with Gasteiger partial charge in [-0.15, -0.1) is 11.8 Å². The number of benzene rings is 1. The standard InChI is InChI=1S/C18H25NOS/c1-4-11-19-12-16-7-8-17(20-16)13-21-18-9-5-15(6-10-18)14(2)3/h5-10,14,19H,4,11-13H2,1-3H3. The molecule has 1 aromatic carbocycles. The van der Waals surface area contributed by atoms with Crippen molar-refractivity contribution in [3.8, 4) is 0 Å². The summed E-state index contributed by atoms with van der Waals surface area (Å²) in [5.74, 6) is 3.54. The molecule has 0 atom stereocenters. The Labute approximate surface area is 132 Å². The summed E-state index contributed by atoms with van der Waals surface area (Å²) < 4.78 is 5.83. The minimum absolute atomic E-state index is 0.590. The van der Waals surface area contributed by atoms with Crippen molar-refractivity contribution >= 4 is 11.8 Å². The van der Waals surface area contributed by atoms with Crippen molar-refractivity contribution in [2.24, 2.45) is 0 Å². The smallest absolute Gasteiger partial charge is 0.118 e. The van der Waals surface area contributed by atoms with Gasteiger partial charge in [-0.1, -0.05) is 32.9 Å². The molecule has 21 heavy (non-hydrogen) atoms. The molecular formula is C18H25NOS. The summed E-state index contributed by atoms with van der Waals surface area (Å²) in [6.45, 7) is 8.47. The van der Waals surface area contributed by atoms with E-state index in [1.165, 1.54) is 10.5 Å². The Kier molecular flexibility index (Phi) is 6.40. The van der Waals surface area contributed by atoms with E-state index in [2.05, 4.69) is 62.5 Å². The van der Waals surface area contributed by atoms with Crippen LogP contribution in [-0.2, 0) is 12.3 Å². The second kappa shape index (κ2) is 8.30. The monoisotopic (exact) mass is 303 g/mol. The molecule has 0 spiro atoms. The second-order valence-electron chi connectivity index (χ2n) is 5.56. The first kappa shape index (κ1) is 16.2. The van der Waals surface area contributed by atoms with Crippen LogP contribution in [0, 0.1) is 0 Å². The lowest BCUT2D eigenvalue weighted by atomic mass is 10.0. The highest BCUT2D eigenvalue weighted by molar-refractivity contribution is 7.98. The van der Waals surface area contributed by atoms with Gasteiger partial charge >= 0.3 is 0 Å². The van der Waals surface area contributed by atoms with E-state index in [0.29, 0.717) is 5.92 Å². The van der Waals surface area contributed by atoms with Gasteiger partial charge in [-0.25, -0.2) is 0 Å². The summed E-state index contributed by atoms with van der Waals surface area (Å²) in [5, 5.41) is 3.35. The van der Waals surface area contributed by atoms with Gasteiger partial charge in [0.2, 0.25) is 0 Å². The number of thioether (sulfide) groups is 1. The molecule has 1 heterocycles. The minimum Gasteiger partial charge on any atom is -0.464 e. The molecule has 0 amide bonds. The van der Waals surface area contributed by atoms with Crippen LogP contribution >= 0.6 is 11.8 Å². The third-order valence-corrected chi connectivity index (χ3v) is 4.41. The fourth-order valence-electron chi connectivity index (χ4n) is 2.09. The largest absolute Gasteiger partial charge is 0.464 e. The number of nitrogens with one attached hydrogen (secondary N) is 1. The van der Waals surface area contributed by atoms with Gasteiger partial charge in [-0.05, 0) is 48.7 Å². The normalized spacial score (nSPS) is 11.2. The Bertz CT molecular complexity index is 530. The fourth-order valence-corrected chi connectivity index (χ4v) is 2.88. The number of hydrogen-bond acceptors (Lipinski definition) is 3. The van der Waals surface area contributed by atoms with Gasteiger partial charge < -0.3 is 9.73 Å². The predicted octanol–water partition coefficient (Wildman–Crippen LogP) is 5.19. The van der Waals surface area contributed by atoms with Crippen molar-refractivity contribution in [1.82, 2.24) is 5.32 Å². The molecule has 0 radical (unpaired) electrons. The molecule has 1 N–H and O–H groups in total. The van der Waals surface area contributed by atoms with E-state index in [0.717, 1.165) is 36.8 Å². The quantitative estimate of drug-likeness (QED) is 0.536. The van der Waals surface area contributed by atoms with Crippen LogP contribution in [-0.4, -0.2) is 6.54 Å². The third-order valence-electron chi connectivity index (χ3n) is 3.37. The number of furan rings is 1. The molecule has 3 heteroatoms. The van der Waals surface area contributed by atoms with Crippen LogP contribution in [0.25, 0.3) is 0 Å². The van der Waals surface area contributed by atoms with E-state index in [1.807, 2.05) is 11.8 Å². The van der Waals surface area contributed by atoms with E-state index < -0.39 is 0 Å². The zero-order chi connectivity index (χ0) is 15.1. The zero-order valence-electron chi connectivity index (χ0n) is 13.2. The molecule has 0 saturated carbocycles. The Balaban J connectivity index is 1.82. The molecule has 0 aliphatic rings. The predicted molar refractivity (Wildman–Crippen MR) is 90.8 cm³/mol. The lowest BCUT2D eigenvalue weighted by Gasteiger charge is -2.06. The van der Waals surface area contributed by atoms with Gasteiger partial charge in [-0.3, -0.25) is 0 Å². The molecule has 2 aromatic rings. The van der Waals surface area contributed by atoms with Gasteiger partial charge in [-0.2, -0.15) is 0 Å². The van der Waals surface area contributed by atoms with Gasteiger partial charge in [0.1, 0.15) is 11.5 Å². The number of hydrogen-bond donors (Lipinski definition) is 1. The molecule has 2 nitrogen and oxygen atoms in total. The van der Waals surface area contributed by atoms with Crippen LogP contribution in [0.1, 0.15) is 50.2 Å². The number of rotatable bonds is 8. The maximum absolute atomic E-state index is 5.83. The van der Waals surface area contributed by atoms with Gasteiger partial charge in [0.05, 0.1) is 12.3 Å². The molecule has 0 aliphatic carbocycles. The molecule has 1 aromatic heterocycles. The summed E-state index contributed by atoms with van der Waals surface area (Å²) in [5.41, 5.74) is 1.39. The molecule has 0 aliphatic heterocycles. The Hall–Kier alpha value is -1.19. The summed E-state index contributed by atoms with van der Waals surface area (Å²) in [4.78, 5) is 1.29. The van der Waals surface area contributed by atoms with Crippen LogP contribution in [0.5, 0.6) is 0 Å². The molecule has 2 rings (SSSR count). The van der Waals surface area contributed by atoms with Crippen LogP contribution in [0.2, 0.25) is 0 Å². The molecule has 0 fully saturated rings.